The fraction of sp³-hybridized carbons (Fsp3) is 0.267. The second kappa shape index (κ2) is 6.12. The maximum atomic E-state index is 12.5. The lowest BCUT2D eigenvalue weighted by molar-refractivity contribution is -0.384. The minimum Gasteiger partial charge on any atom is -0.258 e. The van der Waals surface area contributed by atoms with Gasteiger partial charge in [0.05, 0.1) is 15.9 Å². The molecule has 24 heavy (non-hydrogen) atoms. The molecule has 1 heterocycles. The number of nitrogens with one attached hydrogen (secondary N) is 1. The highest BCUT2D eigenvalue weighted by molar-refractivity contribution is 7.89. The van der Waals surface area contributed by atoms with E-state index in [1.165, 1.54) is 12.1 Å². The molecule has 126 valence electrons. The van der Waals surface area contributed by atoms with Crippen LogP contribution in [0.15, 0.2) is 35.2 Å². The van der Waals surface area contributed by atoms with Crippen molar-refractivity contribution in [1.82, 2.24) is 9.71 Å². The van der Waals surface area contributed by atoms with Crippen LogP contribution in [0.25, 0.3) is 0 Å². The summed E-state index contributed by atoms with van der Waals surface area (Å²) in [5.74, 6) is 0. The number of aromatic nitrogens is 1. The highest BCUT2D eigenvalue weighted by atomic mass is 35.5. The van der Waals surface area contributed by atoms with Crippen LogP contribution in [0.3, 0.4) is 0 Å². The first-order valence-electron chi connectivity index (χ1n) is 7.20. The number of sulfonamides is 1. The van der Waals surface area contributed by atoms with E-state index in [1.54, 1.807) is 0 Å². The summed E-state index contributed by atoms with van der Waals surface area (Å²) < 4.78 is 27.6. The number of hydrogen-bond donors (Lipinski definition) is 1. The molecular formula is C15H14ClN3O4S. The van der Waals surface area contributed by atoms with E-state index in [2.05, 4.69) is 9.71 Å². The number of pyridine rings is 1. The van der Waals surface area contributed by atoms with E-state index in [0.29, 0.717) is 23.6 Å². The Bertz CT molecular complexity index is 913. The van der Waals surface area contributed by atoms with Gasteiger partial charge in [0.25, 0.3) is 5.69 Å². The van der Waals surface area contributed by atoms with Crippen LogP contribution in [-0.2, 0) is 16.4 Å². The molecule has 0 spiro atoms. The van der Waals surface area contributed by atoms with Crippen LogP contribution >= 0.6 is 11.6 Å². The number of nitro benzene ring substituents is 1. The largest absolute Gasteiger partial charge is 0.269 e. The van der Waals surface area contributed by atoms with Gasteiger partial charge in [0.2, 0.25) is 10.0 Å². The van der Waals surface area contributed by atoms with Crippen LogP contribution in [0.1, 0.15) is 29.3 Å². The van der Waals surface area contributed by atoms with Gasteiger partial charge in [-0.1, -0.05) is 11.6 Å². The average Bonchev–Trinajstić information content (AvgIpc) is 2.89. The Morgan fingerprint density at radius 3 is 2.62 bits per heavy atom. The molecule has 0 aliphatic heterocycles. The lowest BCUT2D eigenvalue weighted by Gasteiger charge is -2.15. The van der Waals surface area contributed by atoms with Crippen molar-refractivity contribution in [1.29, 1.82) is 0 Å². The molecule has 9 heteroatoms. The Morgan fingerprint density at radius 2 is 2.00 bits per heavy atom. The van der Waals surface area contributed by atoms with Gasteiger partial charge in [-0.2, -0.15) is 0 Å². The lowest BCUT2D eigenvalue weighted by Crippen LogP contribution is -2.27. The summed E-state index contributed by atoms with van der Waals surface area (Å²) in [6.45, 7) is 1.83. The highest BCUT2D eigenvalue weighted by Gasteiger charge is 2.30. The number of nitro groups is 1. The quantitative estimate of drug-likeness (QED) is 0.508. The van der Waals surface area contributed by atoms with E-state index in [-0.39, 0.29) is 10.6 Å². The molecule has 0 saturated heterocycles. The smallest absolute Gasteiger partial charge is 0.258 e. The van der Waals surface area contributed by atoms with Gasteiger partial charge in [-0.25, -0.2) is 18.1 Å². The fourth-order valence-corrected chi connectivity index (χ4v) is 4.48. The third kappa shape index (κ3) is 3.12. The zero-order valence-electron chi connectivity index (χ0n) is 12.7. The number of hydrogen-bond acceptors (Lipinski definition) is 5. The number of benzene rings is 1. The fourth-order valence-electron chi connectivity index (χ4n) is 2.85. The molecule has 7 nitrogen and oxygen atoms in total. The monoisotopic (exact) mass is 367 g/mol. The van der Waals surface area contributed by atoms with Crippen LogP contribution in [0.5, 0.6) is 0 Å². The molecule has 0 fully saturated rings. The van der Waals surface area contributed by atoms with Crippen LogP contribution in [0.2, 0.25) is 5.15 Å². The summed E-state index contributed by atoms with van der Waals surface area (Å²) in [6, 6.07) is 6.20. The molecule has 2 aromatic rings. The minimum absolute atomic E-state index is 0.0299. The first kappa shape index (κ1) is 16.8. The van der Waals surface area contributed by atoms with Crippen molar-refractivity contribution in [3.63, 3.8) is 0 Å². The van der Waals surface area contributed by atoms with Crippen LogP contribution in [0.4, 0.5) is 5.69 Å². The van der Waals surface area contributed by atoms with Gasteiger partial charge in [0.1, 0.15) is 5.15 Å². The summed E-state index contributed by atoms with van der Waals surface area (Å²) >= 11 is 6.18. The van der Waals surface area contributed by atoms with Gasteiger partial charge >= 0.3 is 0 Å². The Morgan fingerprint density at radius 1 is 1.33 bits per heavy atom. The third-order valence-corrected chi connectivity index (χ3v) is 5.71. The molecule has 1 aliphatic carbocycles. The molecule has 1 aliphatic rings. The molecular weight excluding hydrogens is 354 g/mol. The van der Waals surface area contributed by atoms with E-state index in [4.69, 9.17) is 11.6 Å². The third-order valence-electron chi connectivity index (χ3n) is 3.93. The number of aryl methyl sites for hydroxylation is 2. The van der Waals surface area contributed by atoms with Crippen molar-refractivity contribution in [2.75, 3.05) is 0 Å². The Kier molecular flexibility index (Phi) is 4.29. The zero-order valence-corrected chi connectivity index (χ0v) is 14.3. The highest BCUT2D eigenvalue weighted by Crippen LogP contribution is 2.36. The van der Waals surface area contributed by atoms with Crippen molar-refractivity contribution in [3.8, 4) is 0 Å². The molecule has 1 atom stereocenters. The number of fused-ring (bicyclic) bond motifs is 1. The minimum atomic E-state index is -3.81. The SMILES string of the molecule is Cc1cc2c(c(Cl)n1)C(NS(=O)(=O)c1ccc([N+](=O)[O-])cc1)CC2. The molecule has 0 amide bonds. The molecule has 0 saturated carbocycles. The van der Waals surface area contributed by atoms with Crippen molar-refractivity contribution in [2.24, 2.45) is 0 Å². The topological polar surface area (TPSA) is 102 Å². The van der Waals surface area contributed by atoms with E-state index in [9.17, 15) is 18.5 Å². The van der Waals surface area contributed by atoms with Crippen molar-refractivity contribution >= 4 is 27.3 Å². The second-order valence-corrected chi connectivity index (χ2v) is 7.66. The molecule has 1 N–H and O–H groups in total. The van der Waals surface area contributed by atoms with Crippen LogP contribution < -0.4 is 4.72 Å². The van der Waals surface area contributed by atoms with Gasteiger partial charge in [0.15, 0.2) is 0 Å². The standard InChI is InChI=1S/C15H14ClN3O4S/c1-9-8-10-2-7-13(14(10)15(16)17-9)18-24(22,23)12-5-3-11(4-6-12)19(20)21/h3-6,8,13,18H,2,7H2,1H3. The Labute approximate surface area is 143 Å². The van der Waals surface area contributed by atoms with E-state index in [1.807, 2.05) is 13.0 Å². The van der Waals surface area contributed by atoms with Crippen molar-refractivity contribution < 1.29 is 13.3 Å². The predicted molar refractivity (Wildman–Crippen MR) is 88.5 cm³/mol. The number of non-ortho nitro benzene ring substituents is 1. The maximum absolute atomic E-state index is 12.5. The maximum Gasteiger partial charge on any atom is 0.269 e. The van der Waals surface area contributed by atoms with Gasteiger partial charge in [-0.05, 0) is 43.5 Å². The van der Waals surface area contributed by atoms with E-state index >= 15 is 0 Å². The summed E-state index contributed by atoms with van der Waals surface area (Å²) in [5.41, 5.74) is 2.32. The van der Waals surface area contributed by atoms with Crippen molar-refractivity contribution in [3.05, 3.63) is 62.4 Å². The molecule has 0 bridgehead atoms. The number of nitrogens with zero attached hydrogens (tertiary/aromatic N) is 2. The van der Waals surface area contributed by atoms with Gasteiger partial charge < -0.3 is 0 Å². The predicted octanol–water partition coefficient (Wildman–Crippen LogP) is 2.92. The van der Waals surface area contributed by atoms with E-state index < -0.39 is 21.0 Å². The number of halogens is 1. The summed E-state index contributed by atoms with van der Waals surface area (Å²) in [6.07, 6.45) is 1.30. The molecule has 3 rings (SSSR count). The second-order valence-electron chi connectivity index (χ2n) is 5.59. The lowest BCUT2D eigenvalue weighted by atomic mass is 10.1. The van der Waals surface area contributed by atoms with Gasteiger partial charge in [-0.3, -0.25) is 10.1 Å². The molecule has 1 aromatic heterocycles. The Hall–Kier alpha value is -2.03. The first-order valence-corrected chi connectivity index (χ1v) is 9.07. The zero-order chi connectivity index (χ0) is 17.5. The van der Waals surface area contributed by atoms with Crippen molar-refractivity contribution in [2.45, 2.75) is 30.7 Å². The Balaban J connectivity index is 1.88. The summed E-state index contributed by atoms with van der Waals surface area (Å²) in [4.78, 5) is 14.2. The van der Waals surface area contributed by atoms with E-state index in [0.717, 1.165) is 23.4 Å². The molecule has 0 radical (unpaired) electrons. The normalized spacial score (nSPS) is 16.8. The summed E-state index contributed by atoms with van der Waals surface area (Å²) in [5, 5.41) is 11.0. The summed E-state index contributed by atoms with van der Waals surface area (Å²) in [7, 11) is -3.81. The van der Waals surface area contributed by atoms with Crippen LogP contribution in [-0.4, -0.2) is 18.3 Å². The van der Waals surface area contributed by atoms with Crippen LogP contribution in [0, 0.1) is 17.0 Å². The van der Waals surface area contributed by atoms with Gasteiger partial charge in [0, 0.05) is 23.4 Å². The van der Waals surface area contributed by atoms with Gasteiger partial charge in [-0.15, -0.1) is 0 Å². The number of rotatable bonds is 4. The molecule has 1 unspecified atom stereocenters. The average molecular weight is 368 g/mol. The first-order chi connectivity index (χ1) is 11.3. The molecule has 1 aromatic carbocycles.